The Kier molecular flexibility index (Phi) is 6.12. The zero-order valence-electron chi connectivity index (χ0n) is 9.07. The zero-order valence-corrected chi connectivity index (χ0v) is 17.0. The predicted molar refractivity (Wildman–Crippen MR) is 89.8 cm³/mol. The molecule has 0 aromatic heterocycles. The predicted octanol–water partition coefficient (Wildman–Crippen LogP) is 6.03. The fourth-order valence-electron chi connectivity index (χ4n) is 1.18. The first kappa shape index (κ1) is 16.9. The first-order valence-corrected chi connectivity index (χ1v) is 8.55. The number of benzene rings is 1. The summed E-state index contributed by atoms with van der Waals surface area (Å²) in [7, 11) is 0. The third kappa shape index (κ3) is 3.69. The van der Waals surface area contributed by atoms with Crippen LogP contribution in [0.5, 0.6) is 0 Å². The summed E-state index contributed by atoms with van der Waals surface area (Å²) in [4.78, 5) is 11.3. The molecule has 0 amide bonds. The Labute approximate surface area is 147 Å². The Balaban J connectivity index is 3.32. The van der Waals surface area contributed by atoms with Crippen molar-refractivity contribution in [3.63, 3.8) is 0 Å². The van der Waals surface area contributed by atoms with Crippen molar-refractivity contribution < 1.29 is 9.53 Å². The smallest absolute Gasteiger partial charge is 0.331 e. The van der Waals surface area contributed by atoms with Gasteiger partial charge in [0, 0.05) is 29.5 Å². The number of carbonyl (C=O) groups excluding carboxylic acids is 1. The summed E-state index contributed by atoms with van der Waals surface area (Å²) in [5.41, 5.74) is 0.764. The third-order valence-corrected chi connectivity index (χ3v) is 7.29. The Hall–Kier alpha value is 0.830. The maximum absolute atomic E-state index is 11.3. The summed E-state index contributed by atoms with van der Waals surface area (Å²) in [6.07, 6.45) is 1.12. The molecule has 0 radical (unpaired) electrons. The molecule has 1 rings (SSSR count). The van der Waals surface area contributed by atoms with Crippen LogP contribution in [0.15, 0.2) is 36.6 Å². The SMILES string of the molecule is C=CC(=O)OC(C)(Br)c1cc(Br)c(Br)c(Br)c1Br. The summed E-state index contributed by atoms with van der Waals surface area (Å²) in [5, 5.41) is 0. The number of rotatable bonds is 3. The van der Waals surface area contributed by atoms with Crippen molar-refractivity contribution >= 4 is 85.6 Å². The van der Waals surface area contributed by atoms with Crippen LogP contribution >= 0.6 is 79.6 Å². The third-order valence-electron chi connectivity index (χ3n) is 2.04. The van der Waals surface area contributed by atoms with Gasteiger partial charge < -0.3 is 4.74 Å². The lowest BCUT2D eigenvalue weighted by atomic mass is 10.1. The fourth-order valence-corrected chi connectivity index (χ4v) is 4.31. The Bertz CT molecular complexity index is 511. The Morgan fingerprint density at radius 1 is 1.28 bits per heavy atom. The van der Waals surface area contributed by atoms with Gasteiger partial charge in [-0.1, -0.05) is 6.58 Å². The molecule has 18 heavy (non-hydrogen) atoms. The standard InChI is InChI=1S/C11H7Br5O2/c1-3-7(17)18-11(2,16)5-4-6(12)9(14)10(15)8(5)13/h3-4H,1H2,2H3. The number of hydrogen-bond acceptors (Lipinski definition) is 2. The Morgan fingerprint density at radius 2 is 1.83 bits per heavy atom. The van der Waals surface area contributed by atoms with Gasteiger partial charge in [0.05, 0.1) is 0 Å². The van der Waals surface area contributed by atoms with Crippen LogP contribution in [-0.4, -0.2) is 5.97 Å². The van der Waals surface area contributed by atoms with Crippen molar-refractivity contribution in [2.45, 2.75) is 11.4 Å². The van der Waals surface area contributed by atoms with Crippen molar-refractivity contribution in [1.29, 1.82) is 0 Å². The van der Waals surface area contributed by atoms with E-state index in [1.54, 1.807) is 6.92 Å². The lowest BCUT2D eigenvalue weighted by Gasteiger charge is -2.25. The van der Waals surface area contributed by atoms with Crippen LogP contribution in [0.25, 0.3) is 0 Å². The van der Waals surface area contributed by atoms with Crippen LogP contribution in [0, 0.1) is 0 Å². The molecular formula is C11H7Br5O2. The van der Waals surface area contributed by atoms with Crippen molar-refractivity contribution in [3.8, 4) is 0 Å². The van der Waals surface area contributed by atoms with E-state index in [1.165, 1.54) is 0 Å². The van der Waals surface area contributed by atoms with Crippen LogP contribution in [0.2, 0.25) is 0 Å². The average Bonchev–Trinajstić information content (AvgIpc) is 2.30. The molecule has 0 fully saturated rings. The molecule has 0 aliphatic heterocycles. The topological polar surface area (TPSA) is 26.3 Å². The molecular weight excluding hydrogens is 564 g/mol. The second kappa shape index (κ2) is 6.52. The van der Waals surface area contributed by atoms with E-state index in [-0.39, 0.29) is 0 Å². The van der Waals surface area contributed by atoms with Gasteiger partial charge in [-0.15, -0.1) is 0 Å². The summed E-state index contributed by atoms with van der Waals surface area (Å²) < 4.78 is 7.65. The van der Waals surface area contributed by atoms with E-state index in [1.807, 2.05) is 6.07 Å². The van der Waals surface area contributed by atoms with Crippen LogP contribution in [-0.2, 0) is 14.0 Å². The maximum Gasteiger partial charge on any atom is 0.331 e. The van der Waals surface area contributed by atoms with Gasteiger partial charge in [-0.2, -0.15) is 0 Å². The molecule has 1 aromatic carbocycles. The maximum atomic E-state index is 11.3. The highest BCUT2D eigenvalue weighted by Gasteiger charge is 2.31. The van der Waals surface area contributed by atoms with E-state index in [0.717, 1.165) is 29.5 Å². The molecule has 2 nitrogen and oxygen atoms in total. The fraction of sp³-hybridized carbons (Fsp3) is 0.182. The minimum atomic E-state index is -0.956. The normalized spacial score (nSPS) is 13.9. The first-order valence-electron chi connectivity index (χ1n) is 4.58. The van der Waals surface area contributed by atoms with Gasteiger partial charge in [0.25, 0.3) is 0 Å². The van der Waals surface area contributed by atoms with E-state index in [0.29, 0.717) is 0 Å². The van der Waals surface area contributed by atoms with E-state index in [2.05, 4.69) is 86.2 Å². The van der Waals surface area contributed by atoms with Crippen molar-refractivity contribution in [1.82, 2.24) is 0 Å². The van der Waals surface area contributed by atoms with E-state index < -0.39 is 10.5 Å². The molecule has 0 saturated heterocycles. The molecule has 0 heterocycles. The molecule has 7 heteroatoms. The number of carbonyl (C=O) groups is 1. The molecule has 0 spiro atoms. The minimum absolute atomic E-state index is 0.503. The molecule has 0 saturated carbocycles. The quantitative estimate of drug-likeness (QED) is 0.146. The number of halogens is 5. The molecule has 1 aromatic rings. The van der Waals surface area contributed by atoms with Crippen LogP contribution < -0.4 is 0 Å². The first-order chi connectivity index (χ1) is 8.20. The number of hydrogen-bond donors (Lipinski definition) is 0. The molecule has 0 aliphatic carbocycles. The van der Waals surface area contributed by atoms with Crippen LogP contribution in [0.1, 0.15) is 12.5 Å². The second-order valence-electron chi connectivity index (χ2n) is 3.39. The molecule has 0 N–H and O–H groups in total. The van der Waals surface area contributed by atoms with Gasteiger partial charge in [0.2, 0.25) is 0 Å². The van der Waals surface area contributed by atoms with Crippen molar-refractivity contribution in [2.75, 3.05) is 0 Å². The number of esters is 1. The van der Waals surface area contributed by atoms with Gasteiger partial charge >= 0.3 is 5.97 Å². The zero-order chi connectivity index (χ0) is 14.1. The molecule has 0 aliphatic rings. The van der Waals surface area contributed by atoms with Gasteiger partial charge in [-0.3, -0.25) is 0 Å². The van der Waals surface area contributed by atoms with E-state index >= 15 is 0 Å². The van der Waals surface area contributed by atoms with Crippen LogP contribution in [0.4, 0.5) is 0 Å². The minimum Gasteiger partial charge on any atom is -0.440 e. The van der Waals surface area contributed by atoms with Gasteiger partial charge in [0.1, 0.15) is 0 Å². The monoisotopic (exact) mass is 566 g/mol. The number of ether oxygens (including phenoxy) is 1. The second-order valence-corrected chi connectivity index (χ2v) is 8.14. The van der Waals surface area contributed by atoms with Gasteiger partial charge in [-0.05, 0) is 92.6 Å². The van der Waals surface area contributed by atoms with Gasteiger partial charge in [0.15, 0.2) is 4.51 Å². The summed E-state index contributed by atoms with van der Waals surface area (Å²) in [5.74, 6) is -0.503. The number of alkyl halides is 1. The molecule has 0 bridgehead atoms. The highest BCUT2D eigenvalue weighted by atomic mass is 79.9. The average molecular weight is 571 g/mol. The summed E-state index contributed by atoms with van der Waals surface area (Å²) in [6, 6.07) is 1.85. The van der Waals surface area contributed by atoms with Crippen molar-refractivity contribution in [2.24, 2.45) is 0 Å². The Morgan fingerprint density at radius 3 is 2.33 bits per heavy atom. The van der Waals surface area contributed by atoms with Gasteiger partial charge in [-0.25, -0.2) is 4.79 Å². The van der Waals surface area contributed by atoms with E-state index in [9.17, 15) is 4.79 Å². The molecule has 1 unspecified atom stereocenters. The lowest BCUT2D eigenvalue weighted by molar-refractivity contribution is -0.144. The summed E-state index contributed by atoms with van der Waals surface area (Å²) >= 11 is 17.2. The van der Waals surface area contributed by atoms with Crippen molar-refractivity contribution in [3.05, 3.63) is 42.2 Å². The molecule has 1 atom stereocenters. The highest BCUT2D eigenvalue weighted by molar-refractivity contribution is 9.15. The largest absolute Gasteiger partial charge is 0.440 e. The summed E-state index contributed by atoms with van der Waals surface area (Å²) in [6.45, 7) is 5.11. The van der Waals surface area contributed by atoms with E-state index in [4.69, 9.17) is 4.74 Å². The highest BCUT2D eigenvalue weighted by Crippen LogP contribution is 2.45. The lowest BCUT2D eigenvalue weighted by Crippen LogP contribution is -2.22. The van der Waals surface area contributed by atoms with Crippen LogP contribution in [0.3, 0.4) is 0 Å². The molecule has 98 valence electrons.